The largest absolute Gasteiger partial charge is 0.478 e. The van der Waals surface area contributed by atoms with Gasteiger partial charge in [-0.05, 0) is 37.6 Å². The number of halogens is 1. The van der Waals surface area contributed by atoms with Gasteiger partial charge in [0.25, 0.3) is 0 Å². The molecule has 4 nitrogen and oxygen atoms in total. The van der Waals surface area contributed by atoms with Crippen molar-refractivity contribution in [3.05, 3.63) is 35.1 Å². The first-order chi connectivity index (χ1) is 8.50. The van der Waals surface area contributed by atoms with Crippen LogP contribution in [0.1, 0.15) is 29.8 Å². The lowest BCUT2D eigenvalue weighted by molar-refractivity contribution is 0.0140. The number of hydrogen-bond donors (Lipinski definition) is 1. The van der Waals surface area contributed by atoms with E-state index in [0.29, 0.717) is 18.8 Å². The standard InChI is InChI=1S/C13H17FO4/c1-9(2)18-6-5-17-8-10-7-11(14)3-4-12(10)13(15)16/h3-4,7,9H,5-6,8H2,1-2H3,(H,15,16). The van der Waals surface area contributed by atoms with Gasteiger partial charge in [-0.1, -0.05) is 0 Å². The van der Waals surface area contributed by atoms with Crippen molar-refractivity contribution in [2.75, 3.05) is 13.2 Å². The SMILES string of the molecule is CC(C)OCCOCc1cc(F)ccc1C(=O)O. The highest BCUT2D eigenvalue weighted by Crippen LogP contribution is 2.12. The fraction of sp³-hybridized carbons (Fsp3) is 0.462. The van der Waals surface area contributed by atoms with Crippen LogP contribution in [0, 0.1) is 5.82 Å². The molecular formula is C13H17FO4. The fourth-order valence-electron chi connectivity index (χ4n) is 1.42. The monoisotopic (exact) mass is 256 g/mol. The zero-order valence-corrected chi connectivity index (χ0v) is 10.5. The first-order valence-corrected chi connectivity index (χ1v) is 5.71. The Bertz CT molecular complexity index is 404. The van der Waals surface area contributed by atoms with Crippen molar-refractivity contribution < 1.29 is 23.8 Å². The Kier molecular flexibility index (Phi) is 5.74. The molecule has 0 aliphatic rings. The smallest absolute Gasteiger partial charge is 0.336 e. The molecule has 0 radical (unpaired) electrons. The Balaban J connectivity index is 2.50. The van der Waals surface area contributed by atoms with Crippen LogP contribution >= 0.6 is 0 Å². The van der Waals surface area contributed by atoms with Gasteiger partial charge in [0, 0.05) is 0 Å². The molecule has 0 aliphatic carbocycles. The van der Waals surface area contributed by atoms with Crippen LogP contribution in [-0.2, 0) is 16.1 Å². The van der Waals surface area contributed by atoms with Gasteiger partial charge in [-0.15, -0.1) is 0 Å². The van der Waals surface area contributed by atoms with Crippen LogP contribution in [0.2, 0.25) is 0 Å². The van der Waals surface area contributed by atoms with Crippen LogP contribution in [0.3, 0.4) is 0 Å². The number of rotatable bonds is 7. The van der Waals surface area contributed by atoms with E-state index in [9.17, 15) is 9.18 Å². The van der Waals surface area contributed by atoms with Crippen molar-refractivity contribution in [3.8, 4) is 0 Å². The summed E-state index contributed by atoms with van der Waals surface area (Å²) in [6.07, 6.45) is 0.123. The van der Waals surface area contributed by atoms with Gasteiger partial charge in [0.15, 0.2) is 0 Å². The lowest BCUT2D eigenvalue weighted by Gasteiger charge is -2.09. The second-order valence-electron chi connectivity index (χ2n) is 4.08. The summed E-state index contributed by atoms with van der Waals surface area (Å²) in [5.41, 5.74) is 0.383. The number of hydrogen-bond acceptors (Lipinski definition) is 3. The van der Waals surface area contributed by atoms with Crippen LogP contribution in [-0.4, -0.2) is 30.4 Å². The van der Waals surface area contributed by atoms with Crippen LogP contribution < -0.4 is 0 Å². The molecule has 1 aromatic rings. The molecule has 100 valence electrons. The van der Waals surface area contributed by atoms with Crippen molar-refractivity contribution in [3.63, 3.8) is 0 Å². The van der Waals surface area contributed by atoms with Crippen LogP contribution in [0.4, 0.5) is 4.39 Å². The maximum absolute atomic E-state index is 13.0. The molecule has 1 rings (SSSR count). The van der Waals surface area contributed by atoms with E-state index in [1.54, 1.807) is 0 Å². The molecule has 0 unspecified atom stereocenters. The number of carbonyl (C=O) groups is 1. The molecule has 0 fully saturated rings. The van der Waals surface area contributed by atoms with E-state index in [1.807, 2.05) is 13.8 Å². The first-order valence-electron chi connectivity index (χ1n) is 5.71. The highest BCUT2D eigenvalue weighted by molar-refractivity contribution is 5.89. The summed E-state index contributed by atoms with van der Waals surface area (Å²) in [5, 5.41) is 8.93. The van der Waals surface area contributed by atoms with Crippen LogP contribution in [0.5, 0.6) is 0 Å². The van der Waals surface area contributed by atoms with Gasteiger partial charge in [0.2, 0.25) is 0 Å². The summed E-state index contributed by atoms with van der Waals surface area (Å²) in [7, 11) is 0. The van der Waals surface area contributed by atoms with Crippen LogP contribution in [0.25, 0.3) is 0 Å². The second kappa shape index (κ2) is 7.08. The summed E-state index contributed by atoms with van der Waals surface area (Å²) in [6.45, 7) is 4.65. The maximum atomic E-state index is 13.0. The number of carboxylic acid groups (broad SMARTS) is 1. The van der Waals surface area contributed by atoms with E-state index in [2.05, 4.69) is 0 Å². The van der Waals surface area contributed by atoms with E-state index in [1.165, 1.54) is 12.1 Å². The molecule has 1 aromatic carbocycles. The minimum absolute atomic E-state index is 0.0564. The summed E-state index contributed by atoms with van der Waals surface area (Å²) >= 11 is 0. The molecule has 5 heteroatoms. The number of carboxylic acids is 1. The third-order valence-corrected chi connectivity index (χ3v) is 2.23. The predicted octanol–water partition coefficient (Wildman–Crippen LogP) is 2.47. The molecular weight excluding hydrogens is 239 g/mol. The quantitative estimate of drug-likeness (QED) is 0.761. The summed E-state index contributed by atoms with van der Waals surface area (Å²) in [6, 6.07) is 3.53. The van der Waals surface area contributed by atoms with E-state index in [0.717, 1.165) is 6.07 Å². The van der Waals surface area contributed by atoms with Gasteiger partial charge in [-0.3, -0.25) is 0 Å². The fourth-order valence-corrected chi connectivity index (χ4v) is 1.42. The Morgan fingerprint density at radius 3 is 2.72 bits per heavy atom. The molecule has 1 N–H and O–H groups in total. The maximum Gasteiger partial charge on any atom is 0.336 e. The number of ether oxygens (including phenoxy) is 2. The summed E-state index contributed by atoms with van der Waals surface area (Å²) in [4.78, 5) is 10.9. The van der Waals surface area contributed by atoms with E-state index < -0.39 is 11.8 Å². The Morgan fingerprint density at radius 2 is 2.11 bits per heavy atom. The Hall–Kier alpha value is -1.46. The zero-order valence-electron chi connectivity index (χ0n) is 10.5. The molecule has 0 saturated heterocycles. The molecule has 0 aliphatic heterocycles. The van der Waals surface area contributed by atoms with Crippen molar-refractivity contribution in [1.29, 1.82) is 0 Å². The Labute approximate surface area is 105 Å². The molecule has 0 saturated carbocycles. The molecule has 0 amide bonds. The van der Waals surface area contributed by atoms with E-state index in [-0.39, 0.29) is 18.3 Å². The molecule has 0 heterocycles. The van der Waals surface area contributed by atoms with E-state index >= 15 is 0 Å². The molecule has 0 bridgehead atoms. The predicted molar refractivity (Wildman–Crippen MR) is 64.1 cm³/mol. The third-order valence-electron chi connectivity index (χ3n) is 2.23. The minimum atomic E-state index is -1.09. The third kappa shape index (κ3) is 4.81. The zero-order chi connectivity index (χ0) is 13.5. The summed E-state index contributed by atoms with van der Waals surface area (Å²) in [5.74, 6) is -1.57. The Morgan fingerprint density at radius 1 is 1.39 bits per heavy atom. The van der Waals surface area contributed by atoms with Crippen molar-refractivity contribution in [2.45, 2.75) is 26.6 Å². The van der Waals surface area contributed by atoms with Gasteiger partial charge in [-0.2, -0.15) is 0 Å². The number of benzene rings is 1. The second-order valence-corrected chi connectivity index (χ2v) is 4.08. The van der Waals surface area contributed by atoms with Crippen molar-refractivity contribution >= 4 is 5.97 Å². The minimum Gasteiger partial charge on any atom is -0.478 e. The molecule has 0 spiro atoms. The van der Waals surface area contributed by atoms with Crippen molar-refractivity contribution in [2.24, 2.45) is 0 Å². The van der Waals surface area contributed by atoms with Crippen molar-refractivity contribution in [1.82, 2.24) is 0 Å². The van der Waals surface area contributed by atoms with Gasteiger partial charge < -0.3 is 14.6 Å². The van der Waals surface area contributed by atoms with Gasteiger partial charge in [0.05, 0.1) is 31.5 Å². The first kappa shape index (κ1) is 14.6. The average molecular weight is 256 g/mol. The molecule has 0 aromatic heterocycles. The van der Waals surface area contributed by atoms with Gasteiger partial charge in [-0.25, -0.2) is 9.18 Å². The lowest BCUT2D eigenvalue weighted by atomic mass is 10.1. The normalized spacial score (nSPS) is 10.9. The summed E-state index contributed by atoms with van der Waals surface area (Å²) < 4.78 is 23.5. The average Bonchev–Trinajstić information content (AvgIpc) is 2.27. The molecule has 0 atom stereocenters. The highest BCUT2D eigenvalue weighted by atomic mass is 19.1. The molecule has 18 heavy (non-hydrogen) atoms. The number of aromatic carboxylic acids is 1. The van der Waals surface area contributed by atoms with Gasteiger partial charge in [0.1, 0.15) is 5.82 Å². The lowest BCUT2D eigenvalue weighted by Crippen LogP contribution is -2.11. The van der Waals surface area contributed by atoms with E-state index in [4.69, 9.17) is 14.6 Å². The topological polar surface area (TPSA) is 55.8 Å². The highest BCUT2D eigenvalue weighted by Gasteiger charge is 2.10. The van der Waals surface area contributed by atoms with Gasteiger partial charge >= 0.3 is 5.97 Å². The van der Waals surface area contributed by atoms with Crippen LogP contribution in [0.15, 0.2) is 18.2 Å².